The van der Waals surface area contributed by atoms with E-state index in [2.05, 4.69) is 5.16 Å². The second-order valence-electron chi connectivity index (χ2n) is 5.21. The molecule has 7 heteroatoms. The fourth-order valence-electron chi connectivity index (χ4n) is 2.32. The number of carbonyl (C=O) groups is 1. The van der Waals surface area contributed by atoms with Gasteiger partial charge in [-0.3, -0.25) is 4.79 Å². The zero-order valence-electron chi connectivity index (χ0n) is 13.0. The maximum Gasteiger partial charge on any atom is 0.416 e. The summed E-state index contributed by atoms with van der Waals surface area (Å²) in [7, 11) is 1.53. The first kappa shape index (κ1) is 16.8. The van der Waals surface area contributed by atoms with Crippen LogP contribution in [0.1, 0.15) is 21.5 Å². The molecule has 0 aliphatic rings. The van der Waals surface area contributed by atoms with E-state index in [1.165, 1.54) is 13.4 Å². The van der Waals surface area contributed by atoms with E-state index in [0.29, 0.717) is 17.0 Å². The quantitative estimate of drug-likeness (QED) is 0.647. The third kappa shape index (κ3) is 3.40. The zero-order valence-corrected chi connectivity index (χ0v) is 13.0. The smallest absolute Gasteiger partial charge is 0.416 e. The summed E-state index contributed by atoms with van der Waals surface area (Å²) in [5.41, 5.74) is 0.415. The number of hydrogen-bond donors (Lipinski definition) is 0. The summed E-state index contributed by atoms with van der Waals surface area (Å²) in [6, 6.07) is 10.8. The first-order valence-electron chi connectivity index (χ1n) is 7.21. The van der Waals surface area contributed by atoms with Gasteiger partial charge in [0.1, 0.15) is 17.7 Å². The number of hydrogen-bond acceptors (Lipinski definition) is 4. The van der Waals surface area contributed by atoms with Crippen LogP contribution < -0.4 is 4.74 Å². The van der Waals surface area contributed by atoms with Gasteiger partial charge in [-0.25, -0.2) is 0 Å². The van der Waals surface area contributed by atoms with E-state index in [4.69, 9.17) is 9.26 Å². The second kappa shape index (κ2) is 6.43. The highest BCUT2D eigenvalue weighted by atomic mass is 19.4. The lowest BCUT2D eigenvalue weighted by Crippen LogP contribution is -2.07. The van der Waals surface area contributed by atoms with Gasteiger partial charge in [-0.1, -0.05) is 17.3 Å². The van der Waals surface area contributed by atoms with Gasteiger partial charge < -0.3 is 9.26 Å². The van der Waals surface area contributed by atoms with Crippen LogP contribution in [0.5, 0.6) is 5.75 Å². The summed E-state index contributed by atoms with van der Waals surface area (Å²) in [5, 5.41) is 3.83. The molecule has 3 rings (SSSR count). The molecule has 1 aromatic heterocycles. The zero-order chi connectivity index (χ0) is 18.0. The average Bonchev–Trinajstić information content (AvgIpc) is 3.10. The molecule has 0 radical (unpaired) electrons. The van der Waals surface area contributed by atoms with E-state index in [1.807, 2.05) is 0 Å². The normalized spacial score (nSPS) is 11.4. The highest BCUT2D eigenvalue weighted by Crippen LogP contribution is 2.30. The minimum absolute atomic E-state index is 0.117. The van der Waals surface area contributed by atoms with Gasteiger partial charge in [0, 0.05) is 11.1 Å². The van der Waals surface area contributed by atoms with Crippen LogP contribution in [0.2, 0.25) is 0 Å². The van der Waals surface area contributed by atoms with Crippen molar-refractivity contribution < 1.29 is 27.2 Å². The van der Waals surface area contributed by atoms with Crippen LogP contribution in [0.4, 0.5) is 13.2 Å². The molecule has 0 aliphatic carbocycles. The highest BCUT2D eigenvalue weighted by Gasteiger charge is 2.30. The number of halogens is 3. The maximum atomic E-state index is 12.6. The van der Waals surface area contributed by atoms with Gasteiger partial charge in [-0.2, -0.15) is 13.2 Å². The molecule has 1 heterocycles. The number of methoxy groups -OCH3 is 1. The molecule has 3 aromatic rings. The van der Waals surface area contributed by atoms with E-state index >= 15 is 0 Å². The lowest BCUT2D eigenvalue weighted by Gasteiger charge is -2.07. The molecule has 0 amide bonds. The van der Waals surface area contributed by atoms with Crippen LogP contribution in [0.3, 0.4) is 0 Å². The summed E-state index contributed by atoms with van der Waals surface area (Å²) in [6.07, 6.45) is -3.27. The van der Waals surface area contributed by atoms with Gasteiger partial charge in [-0.05, 0) is 36.4 Å². The molecule has 2 aromatic carbocycles. The molecule has 0 saturated carbocycles. The molecule has 0 fully saturated rings. The van der Waals surface area contributed by atoms with Crippen molar-refractivity contribution in [3.63, 3.8) is 0 Å². The molecule has 25 heavy (non-hydrogen) atoms. The number of rotatable bonds is 4. The van der Waals surface area contributed by atoms with Gasteiger partial charge in [0.25, 0.3) is 0 Å². The van der Waals surface area contributed by atoms with Crippen LogP contribution in [0.25, 0.3) is 11.3 Å². The third-order valence-electron chi connectivity index (χ3n) is 3.65. The fraction of sp³-hybridized carbons (Fsp3) is 0.111. The molecule has 0 unspecified atom stereocenters. The van der Waals surface area contributed by atoms with Gasteiger partial charge in [0.05, 0.1) is 18.2 Å². The van der Waals surface area contributed by atoms with Crippen molar-refractivity contribution in [1.29, 1.82) is 0 Å². The molecule has 0 saturated heterocycles. The molecule has 0 N–H and O–H groups in total. The standard InChI is InChI=1S/C18H12F3NO3/c1-24-14-8-4-11(5-9-14)16-15(10-25-22-16)17(23)12-2-6-13(7-3-12)18(19,20)21/h2-10H,1H3. The minimum Gasteiger partial charge on any atom is -0.497 e. The molecule has 0 aliphatic heterocycles. The first-order valence-corrected chi connectivity index (χ1v) is 7.21. The van der Waals surface area contributed by atoms with E-state index in [0.717, 1.165) is 24.3 Å². The van der Waals surface area contributed by atoms with Crippen LogP contribution in [0, 0.1) is 0 Å². The topological polar surface area (TPSA) is 52.3 Å². The van der Waals surface area contributed by atoms with E-state index in [1.54, 1.807) is 24.3 Å². The monoisotopic (exact) mass is 347 g/mol. The van der Waals surface area contributed by atoms with Crippen LogP contribution in [-0.4, -0.2) is 18.0 Å². The Morgan fingerprint density at radius 1 is 1.04 bits per heavy atom. The molecule has 0 bridgehead atoms. The number of carbonyl (C=O) groups excluding carboxylic acids is 1. The number of alkyl halides is 3. The molecule has 0 spiro atoms. The Morgan fingerprint density at radius 2 is 1.68 bits per heavy atom. The molecule has 128 valence electrons. The van der Waals surface area contributed by atoms with E-state index < -0.39 is 17.5 Å². The van der Waals surface area contributed by atoms with Gasteiger partial charge in [0.2, 0.25) is 0 Å². The van der Waals surface area contributed by atoms with Crippen molar-refractivity contribution in [3.05, 3.63) is 71.5 Å². The number of ether oxygens (including phenoxy) is 1. The number of benzene rings is 2. The van der Waals surface area contributed by atoms with Crippen molar-refractivity contribution >= 4 is 5.78 Å². The molecular weight excluding hydrogens is 335 g/mol. The average molecular weight is 347 g/mol. The highest BCUT2D eigenvalue weighted by molar-refractivity contribution is 6.12. The maximum absolute atomic E-state index is 12.6. The van der Waals surface area contributed by atoms with Crippen molar-refractivity contribution in [1.82, 2.24) is 5.16 Å². The third-order valence-corrected chi connectivity index (χ3v) is 3.65. The summed E-state index contributed by atoms with van der Waals surface area (Å²) in [4.78, 5) is 12.6. The Hall–Kier alpha value is -3.09. The predicted octanol–water partition coefficient (Wildman–Crippen LogP) is 4.60. The molecule has 4 nitrogen and oxygen atoms in total. The van der Waals surface area contributed by atoms with Gasteiger partial charge >= 0.3 is 6.18 Å². The largest absolute Gasteiger partial charge is 0.497 e. The Bertz CT molecular complexity index is 881. The van der Waals surface area contributed by atoms with Crippen molar-refractivity contribution in [3.8, 4) is 17.0 Å². The van der Waals surface area contributed by atoms with E-state index in [9.17, 15) is 18.0 Å². The van der Waals surface area contributed by atoms with Gasteiger partial charge in [-0.15, -0.1) is 0 Å². The Balaban J connectivity index is 1.92. The lowest BCUT2D eigenvalue weighted by atomic mass is 9.99. The van der Waals surface area contributed by atoms with Crippen molar-refractivity contribution in [2.24, 2.45) is 0 Å². The van der Waals surface area contributed by atoms with Crippen molar-refractivity contribution in [2.75, 3.05) is 7.11 Å². The van der Waals surface area contributed by atoms with E-state index in [-0.39, 0.29) is 11.1 Å². The fourth-order valence-corrected chi connectivity index (χ4v) is 2.32. The van der Waals surface area contributed by atoms with Crippen LogP contribution in [-0.2, 0) is 6.18 Å². The summed E-state index contributed by atoms with van der Waals surface area (Å²) in [6.45, 7) is 0. The Morgan fingerprint density at radius 3 is 2.24 bits per heavy atom. The van der Waals surface area contributed by atoms with Gasteiger partial charge in [0.15, 0.2) is 5.78 Å². The number of nitrogens with zero attached hydrogens (tertiary/aromatic N) is 1. The lowest BCUT2D eigenvalue weighted by molar-refractivity contribution is -0.137. The second-order valence-corrected chi connectivity index (χ2v) is 5.21. The summed E-state index contributed by atoms with van der Waals surface area (Å²) >= 11 is 0. The first-order chi connectivity index (χ1) is 11.9. The summed E-state index contributed by atoms with van der Waals surface area (Å²) < 4.78 is 47.8. The SMILES string of the molecule is COc1ccc(-c2nocc2C(=O)c2ccc(C(F)(F)F)cc2)cc1. The number of aromatic nitrogens is 1. The minimum atomic E-state index is -4.45. The number of ketones is 1. The van der Waals surface area contributed by atoms with Crippen molar-refractivity contribution in [2.45, 2.75) is 6.18 Å². The molecule has 0 atom stereocenters. The summed E-state index contributed by atoms with van der Waals surface area (Å²) in [5.74, 6) is 0.170. The Kier molecular flexibility index (Phi) is 4.31. The van der Waals surface area contributed by atoms with Crippen LogP contribution in [0.15, 0.2) is 59.3 Å². The predicted molar refractivity (Wildman–Crippen MR) is 83.4 cm³/mol. The van der Waals surface area contributed by atoms with Crippen LogP contribution >= 0.6 is 0 Å². The Labute approximate surface area is 140 Å². The molecular formula is C18H12F3NO3.